The maximum atomic E-state index is 13.0. The Morgan fingerprint density at radius 3 is 2.30 bits per heavy atom. The largest absolute Gasteiger partial charge is 0.490 e. The Morgan fingerprint density at radius 2 is 1.70 bits per heavy atom. The van der Waals surface area contributed by atoms with Gasteiger partial charge >= 0.3 is 12.1 Å². The molecule has 0 unspecified atom stereocenters. The number of aromatic nitrogens is 4. The summed E-state index contributed by atoms with van der Waals surface area (Å²) in [6.07, 6.45) is 2.45. The summed E-state index contributed by atoms with van der Waals surface area (Å²) in [5.41, 5.74) is 3.55. The van der Waals surface area contributed by atoms with Gasteiger partial charge < -0.3 is 19.6 Å². The van der Waals surface area contributed by atoms with Crippen LogP contribution in [0.3, 0.4) is 0 Å². The van der Waals surface area contributed by atoms with E-state index in [1.807, 2.05) is 30.4 Å². The molecule has 3 aromatic rings. The lowest BCUT2D eigenvalue weighted by Gasteiger charge is -2.44. The molecule has 0 radical (unpaired) electrons. The molecular formula is C27H31F3N6O4. The Kier molecular flexibility index (Phi) is 7.34. The number of rotatable bonds is 2. The van der Waals surface area contributed by atoms with Gasteiger partial charge in [0.1, 0.15) is 17.0 Å². The summed E-state index contributed by atoms with van der Waals surface area (Å²) in [6.45, 7) is 3.45. The van der Waals surface area contributed by atoms with Crippen molar-refractivity contribution in [1.29, 1.82) is 0 Å². The molecule has 5 heterocycles. The van der Waals surface area contributed by atoms with E-state index in [4.69, 9.17) is 19.7 Å². The number of aliphatic carboxylic acids is 1. The van der Waals surface area contributed by atoms with Gasteiger partial charge in [-0.1, -0.05) is 12.1 Å². The van der Waals surface area contributed by atoms with Crippen LogP contribution < -0.4 is 4.74 Å². The fourth-order valence-electron chi connectivity index (χ4n) is 5.63. The summed E-state index contributed by atoms with van der Waals surface area (Å²) in [5.74, 6) is -1.85. The number of likely N-dealkylation sites (tertiary alicyclic amines) is 2. The monoisotopic (exact) mass is 560 g/mol. The smallest absolute Gasteiger partial charge is 0.482 e. The number of amides is 1. The van der Waals surface area contributed by atoms with E-state index in [1.54, 1.807) is 10.7 Å². The van der Waals surface area contributed by atoms with Gasteiger partial charge in [0, 0.05) is 50.3 Å². The van der Waals surface area contributed by atoms with E-state index in [9.17, 15) is 18.0 Å². The van der Waals surface area contributed by atoms with E-state index >= 15 is 0 Å². The molecule has 0 aliphatic carbocycles. The van der Waals surface area contributed by atoms with Gasteiger partial charge in [-0.05, 0) is 51.2 Å². The Balaban J connectivity index is 0.000000411. The first-order valence-electron chi connectivity index (χ1n) is 13.1. The lowest BCUT2D eigenvalue weighted by atomic mass is 9.80. The Hall–Kier alpha value is -3.87. The molecule has 1 amide bonds. The number of carbonyl (C=O) groups excluding carboxylic acids is 1. The molecule has 2 saturated heterocycles. The molecular weight excluding hydrogens is 529 g/mol. The van der Waals surface area contributed by atoms with Crippen molar-refractivity contribution in [2.45, 2.75) is 43.5 Å². The van der Waals surface area contributed by atoms with E-state index in [1.165, 1.54) is 11.3 Å². The first-order chi connectivity index (χ1) is 19.0. The molecule has 1 spiro atoms. The number of carbonyl (C=O) groups is 2. The third-order valence-electron chi connectivity index (χ3n) is 7.80. The van der Waals surface area contributed by atoms with E-state index in [2.05, 4.69) is 39.9 Å². The topological polar surface area (TPSA) is 106 Å². The van der Waals surface area contributed by atoms with Gasteiger partial charge in [0.25, 0.3) is 5.91 Å². The van der Waals surface area contributed by atoms with Crippen molar-refractivity contribution in [2.75, 3.05) is 33.2 Å². The molecule has 3 aliphatic rings. The van der Waals surface area contributed by atoms with Crippen LogP contribution in [0.1, 0.15) is 47.8 Å². The third kappa shape index (κ3) is 5.29. The minimum absolute atomic E-state index is 0.0103. The maximum absolute atomic E-state index is 13.0. The Bertz CT molecular complexity index is 1380. The van der Waals surface area contributed by atoms with Crippen molar-refractivity contribution < 1.29 is 32.6 Å². The molecule has 1 N–H and O–H groups in total. The zero-order chi connectivity index (χ0) is 28.7. The van der Waals surface area contributed by atoms with Crippen molar-refractivity contribution in [1.82, 2.24) is 29.4 Å². The van der Waals surface area contributed by atoms with Gasteiger partial charge in [-0.3, -0.25) is 14.2 Å². The number of piperidine rings is 2. The van der Waals surface area contributed by atoms with E-state index in [0.29, 0.717) is 24.8 Å². The van der Waals surface area contributed by atoms with Gasteiger partial charge in [-0.15, -0.1) is 0 Å². The van der Waals surface area contributed by atoms with Crippen LogP contribution in [0.2, 0.25) is 0 Å². The average molecular weight is 561 g/mol. The molecule has 13 heteroatoms. The van der Waals surface area contributed by atoms with Crippen LogP contribution in [0.25, 0.3) is 11.3 Å². The number of hydrogen-bond donors (Lipinski definition) is 1. The van der Waals surface area contributed by atoms with Gasteiger partial charge in [0.15, 0.2) is 0 Å². The number of nitrogens with zero attached hydrogens (tertiary/aromatic N) is 6. The van der Waals surface area contributed by atoms with Gasteiger partial charge in [0.2, 0.25) is 0 Å². The van der Waals surface area contributed by atoms with Crippen molar-refractivity contribution in [3.05, 3.63) is 54.0 Å². The van der Waals surface area contributed by atoms with Crippen molar-refractivity contribution in [3.63, 3.8) is 0 Å². The number of benzene rings is 1. The number of ether oxygens (including phenoxy) is 1. The molecule has 1 aromatic carbocycles. The summed E-state index contributed by atoms with van der Waals surface area (Å²) in [6, 6.07) is 10.5. The number of carboxylic acids is 1. The number of carboxylic acid groups (broad SMARTS) is 1. The summed E-state index contributed by atoms with van der Waals surface area (Å²) in [4.78, 5) is 26.1. The number of alkyl halides is 3. The van der Waals surface area contributed by atoms with E-state index < -0.39 is 17.7 Å². The van der Waals surface area contributed by atoms with Crippen LogP contribution in [-0.4, -0.2) is 85.7 Å². The first-order valence-corrected chi connectivity index (χ1v) is 13.1. The molecule has 0 atom stereocenters. The second-order valence-electron chi connectivity index (χ2n) is 10.4. The van der Waals surface area contributed by atoms with E-state index in [0.717, 1.165) is 50.1 Å². The van der Waals surface area contributed by atoms with Gasteiger partial charge in [-0.2, -0.15) is 23.4 Å². The highest BCUT2D eigenvalue weighted by Gasteiger charge is 2.47. The fraction of sp³-hybridized carbons (Fsp3) is 0.481. The van der Waals surface area contributed by atoms with Crippen molar-refractivity contribution in [2.24, 2.45) is 7.05 Å². The lowest BCUT2D eigenvalue weighted by Crippen LogP contribution is -2.49. The second kappa shape index (κ2) is 10.6. The molecule has 3 aliphatic heterocycles. The Morgan fingerprint density at radius 1 is 1.05 bits per heavy atom. The third-order valence-corrected chi connectivity index (χ3v) is 7.80. The molecule has 10 nitrogen and oxygen atoms in total. The summed E-state index contributed by atoms with van der Waals surface area (Å²) >= 11 is 0. The second-order valence-corrected chi connectivity index (χ2v) is 10.4. The summed E-state index contributed by atoms with van der Waals surface area (Å²) in [5, 5.41) is 16.3. The quantitative estimate of drug-likeness (QED) is 0.510. The standard InChI is InChI=1S/C25H30N6O2.C2HF3O2/c1-28-12-7-18(8-13-28)31-23-19-5-3-4-6-22(19)33-25(20(23)17-26-31)10-15-30(16-11-25)24(32)21-9-14-29(2)27-21;3-2(4,5)1(6)7/h3-6,9,14,17-18H,7-8,10-13,15-16H2,1-2H3;(H,6,7). The SMILES string of the molecule is CN1CCC(n2ncc3c2-c2ccccc2OC32CCN(C(=O)c3ccn(C)n3)CC2)CC1.O=C(O)C(F)(F)F. The number of hydrogen-bond acceptors (Lipinski definition) is 6. The number of para-hydroxylation sites is 1. The van der Waals surface area contributed by atoms with Crippen LogP contribution in [-0.2, 0) is 17.4 Å². The van der Waals surface area contributed by atoms with Crippen molar-refractivity contribution >= 4 is 11.9 Å². The fourth-order valence-corrected chi connectivity index (χ4v) is 5.63. The van der Waals surface area contributed by atoms with E-state index in [-0.39, 0.29) is 5.91 Å². The van der Waals surface area contributed by atoms with Crippen LogP contribution in [0.15, 0.2) is 42.7 Å². The van der Waals surface area contributed by atoms with Crippen LogP contribution in [0.4, 0.5) is 13.2 Å². The predicted molar refractivity (Wildman–Crippen MR) is 138 cm³/mol. The lowest BCUT2D eigenvalue weighted by molar-refractivity contribution is -0.192. The number of fused-ring (bicyclic) bond motifs is 4. The first kappa shape index (κ1) is 27.7. The van der Waals surface area contributed by atoms with Gasteiger partial charge in [0.05, 0.1) is 17.9 Å². The van der Waals surface area contributed by atoms with Crippen LogP contribution in [0.5, 0.6) is 5.75 Å². The predicted octanol–water partition coefficient (Wildman–Crippen LogP) is 3.71. The molecule has 40 heavy (non-hydrogen) atoms. The number of halogens is 3. The molecule has 6 rings (SSSR count). The number of aryl methyl sites for hydroxylation is 1. The zero-order valence-electron chi connectivity index (χ0n) is 22.3. The molecule has 2 aromatic heterocycles. The van der Waals surface area contributed by atoms with Crippen LogP contribution >= 0.6 is 0 Å². The highest BCUT2D eigenvalue weighted by molar-refractivity contribution is 5.92. The molecule has 2 fully saturated rings. The summed E-state index contributed by atoms with van der Waals surface area (Å²) < 4.78 is 42.4. The minimum atomic E-state index is -5.08. The zero-order valence-corrected chi connectivity index (χ0v) is 22.3. The highest BCUT2D eigenvalue weighted by Crippen LogP contribution is 2.50. The van der Waals surface area contributed by atoms with Crippen LogP contribution in [0, 0.1) is 0 Å². The normalized spacial score (nSPS) is 18.8. The maximum Gasteiger partial charge on any atom is 0.490 e. The average Bonchev–Trinajstić information content (AvgIpc) is 3.57. The molecule has 214 valence electrons. The minimum Gasteiger partial charge on any atom is -0.482 e. The molecule has 0 bridgehead atoms. The Labute approximate surface area is 228 Å². The summed E-state index contributed by atoms with van der Waals surface area (Å²) in [7, 11) is 4.02. The van der Waals surface area contributed by atoms with Crippen molar-refractivity contribution in [3.8, 4) is 17.0 Å². The highest BCUT2D eigenvalue weighted by atomic mass is 19.4. The van der Waals surface area contributed by atoms with Gasteiger partial charge in [-0.25, -0.2) is 4.79 Å². The molecule has 0 saturated carbocycles.